The molecule has 86 valence electrons. The molecule has 1 aliphatic heterocycles. The fourth-order valence-corrected chi connectivity index (χ4v) is 2.87. The van der Waals surface area contributed by atoms with E-state index in [-0.39, 0.29) is 6.10 Å². The molecule has 1 N–H and O–H groups in total. The molecule has 0 saturated carbocycles. The van der Waals surface area contributed by atoms with Crippen LogP contribution < -0.4 is 0 Å². The summed E-state index contributed by atoms with van der Waals surface area (Å²) >= 11 is 0. The molecule has 0 bridgehead atoms. The summed E-state index contributed by atoms with van der Waals surface area (Å²) in [6.45, 7) is 1.82. The highest BCUT2D eigenvalue weighted by Crippen LogP contribution is 2.32. The number of nitrogens with zero attached hydrogens (tertiary/aromatic N) is 1. The first-order valence-corrected chi connectivity index (χ1v) is 5.87. The van der Waals surface area contributed by atoms with Crippen LogP contribution in [-0.2, 0) is 17.6 Å². The molecule has 16 heavy (non-hydrogen) atoms. The lowest BCUT2D eigenvalue weighted by Crippen LogP contribution is -2.53. The average molecular weight is 219 g/mol. The van der Waals surface area contributed by atoms with E-state index in [0.29, 0.717) is 11.8 Å². The smallest absolute Gasteiger partial charge is 0.119 e. The maximum Gasteiger partial charge on any atom is 0.119 e. The first-order chi connectivity index (χ1) is 7.75. The van der Waals surface area contributed by atoms with Gasteiger partial charge in [-0.3, -0.25) is 4.90 Å². The molecule has 1 saturated heterocycles. The summed E-state index contributed by atoms with van der Waals surface area (Å²) in [5, 5.41) is 9.84. The molecule has 0 radical (unpaired) electrons. The van der Waals surface area contributed by atoms with E-state index in [1.54, 1.807) is 6.07 Å². The number of fused-ring (bicyclic) bond motifs is 2. The number of benzene rings is 1. The Labute approximate surface area is 95.6 Å². The molecule has 2 aliphatic rings. The number of likely N-dealkylation sites (N-methyl/N-ethyl adjacent to an activating group) is 1. The van der Waals surface area contributed by atoms with Crippen LogP contribution in [0.5, 0.6) is 5.75 Å². The summed E-state index contributed by atoms with van der Waals surface area (Å²) in [6.07, 6.45) is 2.08. The lowest BCUT2D eigenvalue weighted by atomic mass is 9.84. The number of hydrogen-bond acceptors (Lipinski definition) is 3. The zero-order chi connectivity index (χ0) is 11.1. The van der Waals surface area contributed by atoms with Gasteiger partial charge < -0.3 is 9.84 Å². The molecular weight excluding hydrogens is 202 g/mol. The number of rotatable bonds is 0. The van der Waals surface area contributed by atoms with Gasteiger partial charge in [0.2, 0.25) is 0 Å². The van der Waals surface area contributed by atoms with Crippen molar-refractivity contribution in [3.63, 3.8) is 0 Å². The average Bonchev–Trinajstić information content (AvgIpc) is 2.29. The Morgan fingerprint density at radius 1 is 1.38 bits per heavy atom. The Balaban J connectivity index is 1.96. The highest BCUT2D eigenvalue weighted by molar-refractivity contribution is 5.42. The molecule has 1 heterocycles. The van der Waals surface area contributed by atoms with Crippen LogP contribution in [0.25, 0.3) is 0 Å². The fraction of sp³-hybridized carbons (Fsp3) is 0.538. The van der Waals surface area contributed by atoms with E-state index >= 15 is 0 Å². The normalized spacial score (nSPS) is 29.6. The minimum atomic E-state index is 0.250. The molecule has 0 unspecified atom stereocenters. The van der Waals surface area contributed by atoms with E-state index in [2.05, 4.69) is 18.0 Å². The van der Waals surface area contributed by atoms with Gasteiger partial charge in [0.25, 0.3) is 0 Å². The van der Waals surface area contributed by atoms with E-state index < -0.39 is 0 Å². The van der Waals surface area contributed by atoms with E-state index in [4.69, 9.17) is 4.74 Å². The Morgan fingerprint density at radius 2 is 2.25 bits per heavy atom. The molecule has 1 aromatic carbocycles. The van der Waals surface area contributed by atoms with Gasteiger partial charge in [-0.25, -0.2) is 0 Å². The predicted octanol–water partition coefficient (Wildman–Crippen LogP) is 1.19. The van der Waals surface area contributed by atoms with E-state index in [9.17, 15) is 5.11 Å². The SMILES string of the molecule is CN1CCO[C@H]2Cc3c(O)cccc3C[C@@H]21. The monoisotopic (exact) mass is 219 g/mol. The molecule has 1 fully saturated rings. The van der Waals surface area contributed by atoms with Gasteiger partial charge in [0.15, 0.2) is 0 Å². The van der Waals surface area contributed by atoms with Crippen molar-refractivity contribution in [3.8, 4) is 5.75 Å². The van der Waals surface area contributed by atoms with Crippen molar-refractivity contribution in [2.24, 2.45) is 0 Å². The molecule has 1 aromatic rings. The van der Waals surface area contributed by atoms with Crippen molar-refractivity contribution in [2.75, 3.05) is 20.2 Å². The summed E-state index contributed by atoms with van der Waals surface area (Å²) in [5.74, 6) is 0.424. The van der Waals surface area contributed by atoms with Crippen LogP contribution in [0.3, 0.4) is 0 Å². The number of phenolic OH excluding ortho intramolecular Hbond substituents is 1. The lowest BCUT2D eigenvalue weighted by molar-refractivity contribution is -0.0646. The zero-order valence-electron chi connectivity index (χ0n) is 9.52. The Kier molecular flexibility index (Phi) is 2.37. The summed E-state index contributed by atoms with van der Waals surface area (Å²) in [6, 6.07) is 6.29. The van der Waals surface area contributed by atoms with E-state index in [1.807, 2.05) is 6.07 Å². The molecular formula is C13H17NO2. The Hall–Kier alpha value is -1.06. The van der Waals surface area contributed by atoms with Crippen molar-refractivity contribution in [2.45, 2.75) is 25.0 Å². The summed E-state index contributed by atoms with van der Waals surface area (Å²) in [5.41, 5.74) is 2.36. The number of morpholine rings is 1. The second-order valence-corrected chi connectivity index (χ2v) is 4.78. The van der Waals surface area contributed by atoms with Crippen LogP contribution in [0.4, 0.5) is 0 Å². The van der Waals surface area contributed by atoms with Crippen LogP contribution >= 0.6 is 0 Å². The summed E-state index contributed by atoms with van der Waals surface area (Å²) in [7, 11) is 2.16. The summed E-state index contributed by atoms with van der Waals surface area (Å²) < 4.78 is 5.81. The molecule has 3 rings (SSSR count). The maximum atomic E-state index is 9.84. The van der Waals surface area contributed by atoms with Gasteiger partial charge in [0.1, 0.15) is 5.75 Å². The molecule has 1 aliphatic carbocycles. The van der Waals surface area contributed by atoms with Gasteiger partial charge in [0.05, 0.1) is 12.7 Å². The zero-order valence-corrected chi connectivity index (χ0v) is 9.52. The topological polar surface area (TPSA) is 32.7 Å². The van der Waals surface area contributed by atoms with Gasteiger partial charge in [-0.1, -0.05) is 12.1 Å². The third-order valence-corrected chi connectivity index (χ3v) is 3.85. The van der Waals surface area contributed by atoms with Crippen LogP contribution in [0, 0.1) is 0 Å². The maximum absolute atomic E-state index is 9.84. The Bertz CT molecular complexity index is 405. The number of hydrogen-bond donors (Lipinski definition) is 1. The minimum Gasteiger partial charge on any atom is -0.508 e. The highest BCUT2D eigenvalue weighted by Gasteiger charge is 2.35. The molecule has 2 atom stereocenters. The standard InChI is InChI=1S/C13H17NO2/c1-14-5-6-16-13-8-10-9(7-11(13)14)3-2-4-12(10)15/h2-4,11,13,15H,5-8H2,1H3/t11-,13-/m0/s1. The van der Waals surface area contributed by atoms with E-state index in [1.165, 1.54) is 5.56 Å². The minimum absolute atomic E-state index is 0.250. The van der Waals surface area contributed by atoms with Gasteiger partial charge in [0, 0.05) is 19.0 Å². The van der Waals surface area contributed by atoms with Crippen molar-refractivity contribution in [1.82, 2.24) is 4.90 Å². The Morgan fingerprint density at radius 3 is 3.12 bits per heavy atom. The molecule has 3 heteroatoms. The second-order valence-electron chi connectivity index (χ2n) is 4.78. The predicted molar refractivity (Wildman–Crippen MR) is 61.7 cm³/mol. The van der Waals surface area contributed by atoms with Gasteiger partial charge in [-0.15, -0.1) is 0 Å². The van der Waals surface area contributed by atoms with Crippen molar-refractivity contribution in [3.05, 3.63) is 29.3 Å². The largest absolute Gasteiger partial charge is 0.508 e. The van der Waals surface area contributed by atoms with Crippen molar-refractivity contribution >= 4 is 0 Å². The first-order valence-electron chi connectivity index (χ1n) is 5.87. The van der Waals surface area contributed by atoms with Gasteiger partial charge in [-0.2, -0.15) is 0 Å². The van der Waals surface area contributed by atoms with Crippen molar-refractivity contribution < 1.29 is 9.84 Å². The summed E-state index contributed by atoms with van der Waals surface area (Å²) in [4.78, 5) is 2.38. The molecule has 0 aromatic heterocycles. The van der Waals surface area contributed by atoms with Gasteiger partial charge >= 0.3 is 0 Å². The lowest BCUT2D eigenvalue weighted by Gasteiger charge is -2.42. The van der Waals surface area contributed by atoms with Crippen LogP contribution in [0.15, 0.2) is 18.2 Å². The molecule has 3 nitrogen and oxygen atoms in total. The third kappa shape index (κ3) is 1.51. The highest BCUT2D eigenvalue weighted by atomic mass is 16.5. The van der Waals surface area contributed by atoms with Crippen LogP contribution in [-0.4, -0.2) is 42.4 Å². The molecule has 0 spiro atoms. The quantitative estimate of drug-likeness (QED) is 0.711. The van der Waals surface area contributed by atoms with E-state index in [0.717, 1.165) is 31.6 Å². The second kappa shape index (κ2) is 3.75. The number of aromatic hydroxyl groups is 1. The van der Waals surface area contributed by atoms with Gasteiger partial charge in [-0.05, 0) is 30.7 Å². The first kappa shape index (κ1) is 10.1. The number of ether oxygens (including phenoxy) is 1. The van der Waals surface area contributed by atoms with Crippen molar-refractivity contribution in [1.29, 1.82) is 0 Å². The molecule has 0 amide bonds. The fourth-order valence-electron chi connectivity index (χ4n) is 2.87. The van der Waals surface area contributed by atoms with Crippen LogP contribution in [0.1, 0.15) is 11.1 Å². The van der Waals surface area contributed by atoms with Crippen LogP contribution in [0.2, 0.25) is 0 Å². The third-order valence-electron chi connectivity index (χ3n) is 3.85. The number of phenols is 1.